The van der Waals surface area contributed by atoms with Crippen molar-refractivity contribution in [1.29, 1.82) is 0 Å². The van der Waals surface area contributed by atoms with E-state index < -0.39 is 0 Å². The summed E-state index contributed by atoms with van der Waals surface area (Å²) >= 11 is 0. The molecule has 0 aromatic heterocycles. The summed E-state index contributed by atoms with van der Waals surface area (Å²) in [6.07, 6.45) is 3.36. The molecule has 0 saturated carbocycles. The van der Waals surface area contributed by atoms with Gasteiger partial charge in [-0.3, -0.25) is 0 Å². The van der Waals surface area contributed by atoms with Crippen molar-refractivity contribution in [3.05, 3.63) is 6.92 Å². The average Bonchev–Trinajstić information content (AvgIpc) is 1.94. The maximum absolute atomic E-state index is 4.79. The lowest BCUT2D eigenvalue weighted by atomic mass is 10.2. The van der Waals surface area contributed by atoms with Crippen molar-refractivity contribution in [2.24, 2.45) is 0 Å². The lowest BCUT2D eigenvalue weighted by Crippen LogP contribution is -2.04. The maximum atomic E-state index is 4.79. The summed E-state index contributed by atoms with van der Waals surface area (Å²) in [5.41, 5.74) is 0. The van der Waals surface area contributed by atoms with E-state index in [-0.39, 0.29) is 6.10 Å². The summed E-state index contributed by atoms with van der Waals surface area (Å²) in [5, 5.41) is 0. The minimum Gasteiger partial charge on any atom is -0.236 e. The molecule has 1 aliphatic heterocycles. The quantitative estimate of drug-likeness (QED) is 0.443. The fourth-order valence-corrected chi connectivity index (χ4v) is 0.725. The molecule has 1 heterocycles. The molecule has 1 saturated heterocycles. The normalized spacial score (nSPS) is 31.9. The SMILES string of the molecule is [CH2]C1CCCCOO1. The number of hydrogen-bond acceptors (Lipinski definition) is 2. The van der Waals surface area contributed by atoms with Gasteiger partial charge in [0.1, 0.15) is 0 Å². The van der Waals surface area contributed by atoms with Gasteiger partial charge in [0.15, 0.2) is 0 Å². The van der Waals surface area contributed by atoms with Crippen molar-refractivity contribution in [2.45, 2.75) is 25.4 Å². The summed E-state index contributed by atoms with van der Waals surface area (Å²) < 4.78 is 0. The fourth-order valence-electron chi connectivity index (χ4n) is 0.725. The molecular weight excluding hydrogens is 104 g/mol. The molecule has 2 heteroatoms. The van der Waals surface area contributed by atoms with Gasteiger partial charge in [0.25, 0.3) is 0 Å². The van der Waals surface area contributed by atoms with Crippen LogP contribution in [0.3, 0.4) is 0 Å². The highest BCUT2D eigenvalue weighted by Crippen LogP contribution is 2.08. The Kier molecular flexibility index (Phi) is 2.30. The second kappa shape index (κ2) is 3.05. The molecular formula is C6H11O2. The van der Waals surface area contributed by atoms with Crippen LogP contribution in [0, 0.1) is 6.92 Å². The van der Waals surface area contributed by atoms with E-state index in [1.54, 1.807) is 0 Å². The van der Waals surface area contributed by atoms with Crippen LogP contribution in [0.5, 0.6) is 0 Å². The molecule has 0 N–H and O–H groups in total. The molecule has 0 amide bonds. The van der Waals surface area contributed by atoms with Gasteiger partial charge in [-0.1, -0.05) is 0 Å². The van der Waals surface area contributed by atoms with E-state index in [2.05, 4.69) is 6.92 Å². The van der Waals surface area contributed by atoms with Crippen molar-refractivity contribution in [3.8, 4) is 0 Å². The third-order valence-electron chi connectivity index (χ3n) is 1.21. The highest BCUT2D eigenvalue weighted by molar-refractivity contribution is 4.59. The first-order valence-electron chi connectivity index (χ1n) is 3.01. The predicted molar refractivity (Wildman–Crippen MR) is 30.0 cm³/mol. The third-order valence-corrected chi connectivity index (χ3v) is 1.21. The lowest BCUT2D eigenvalue weighted by molar-refractivity contribution is -0.308. The minimum atomic E-state index is 0.0532. The van der Waals surface area contributed by atoms with Crippen LogP contribution in [0.25, 0.3) is 0 Å². The zero-order valence-electron chi connectivity index (χ0n) is 4.93. The van der Waals surface area contributed by atoms with Crippen LogP contribution in [0.4, 0.5) is 0 Å². The molecule has 0 aromatic carbocycles. The number of rotatable bonds is 0. The summed E-state index contributed by atoms with van der Waals surface area (Å²) in [7, 11) is 0. The maximum Gasteiger partial charge on any atom is 0.0931 e. The standard InChI is InChI=1S/C6H11O2/c1-6-4-2-3-5-7-8-6/h6H,1-5H2. The molecule has 47 valence electrons. The van der Waals surface area contributed by atoms with Gasteiger partial charge in [-0.2, -0.15) is 0 Å². The van der Waals surface area contributed by atoms with E-state index in [9.17, 15) is 0 Å². The third kappa shape index (κ3) is 1.80. The van der Waals surface area contributed by atoms with Gasteiger partial charge >= 0.3 is 0 Å². The minimum absolute atomic E-state index is 0.0532. The molecule has 1 radical (unpaired) electrons. The molecule has 0 aliphatic carbocycles. The molecule has 2 nitrogen and oxygen atoms in total. The molecule has 1 atom stereocenters. The Bertz CT molecular complexity index is 55.5. The zero-order chi connectivity index (χ0) is 5.82. The Balaban J connectivity index is 2.17. The Morgan fingerprint density at radius 2 is 2.25 bits per heavy atom. The monoisotopic (exact) mass is 115 g/mol. The van der Waals surface area contributed by atoms with Crippen molar-refractivity contribution < 1.29 is 9.78 Å². The first kappa shape index (κ1) is 6.05. The molecule has 1 fully saturated rings. The van der Waals surface area contributed by atoms with Crippen molar-refractivity contribution in [1.82, 2.24) is 0 Å². The molecule has 0 aromatic rings. The highest BCUT2D eigenvalue weighted by Gasteiger charge is 2.06. The van der Waals surface area contributed by atoms with E-state index in [1.807, 2.05) is 0 Å². The van der Waals surface area contributed by atoms with E-state index >= 15 is 0 Å². The molecule has 0 bridgehead atoms. The Labute approximate surface area is 49.7 Å². The van der Waals surface area contributed by atoms with Crippen LogP contribution in [0.15, 0.2) is 0 Å². The van der Waals surface area contributed by atoms with Gasteiger partial charge < -0.3 is 0 Å². The van der Waals surface area contributed by atoms with E-state index in [4.69, 9.17) is 9.78 Å². The summed E-state index contributed by atoms with van der Waals surface area (Å²) in [6, 6.07) is 0. The summed E-state index contributed by atoms with van der Waals surface area (Å²) in [4.78, 5) is 9.54. The smallest absolute Gasteiger partial charge is 0.0931 e. The van der Waals surface area contributed by atoms with Crippen molar-refractivity contribution in [2.75, 3.05) is 6.61 Å². The molecule has 0 spiro atoms. The second-order valence-corrected chi connectivity index (χ2v) is 2.04. The van der Waals surface area contributed by atoms with Crippen LogP contribution < -0.4 is 0 Å². The van der Waals surface area contributed by atoms with Gasteiger partial charge in [-0.15, -0.1) is 0 Å². The van der Waals surface area contributed by atoms with Crippen LogP contribution in [0.1, 0.15) is 19.3 Å². The topological polar surface area (TPSA) is 18.5 Å². The average molecular weight is 115 g/mol. The van der Waals surface area contributed by atoms with Crippen LogP contribution in [0.2, 0.25) is 0 Å². The first-order valence-corrected chi connectivity index (χ1v) is 3.01. The van der Waals surface area contributed by atoms with Gasteiger partial charge in [0.2, 0.25) is 0 Å². The van der Waals surface area contributed by atoms with Gasteiger partial charge in [-0.05, 0) is 26.2 Å². The summed E-state index contributed by atoms with van der Waals surface area (Å²) in [6.45, 7) is 4.44. The summed E-state index contributed by atoms with van der Waals surface area (Å²) in [5.74, 6) is 0. The second-order valence-electron chi connectivity index (χ2n) is 2.04. The van der Waals surface area contributed by atoms with Gasteiger partial charge in [-0.25, -0.2) is 9.78 Å². The predicted octanol–water partition coefficient (Wildman–Crippen LogP) is 1.32. The van der Waals surface area contributed by atoms with Gasteiger partial charge in [0, 0.05) is 0 Å². The van der Waals surface area contributed by atoms with Gasteiger partial charge in [0.05, 0.1) is 12.7 Å². The van der Waals surface area contributed by atoms with Crippen LogP contribution >= 0.6 is 0 Å². The molecule has 1 unspecified atom stereocenters. The Morgan fingerprint density at radius 3 is 3.12 bits per heavy atom. The lowest BCUT2D eigenvalue weighted by Gasteiger charge is -2.03. The Morgan fingerprint density at radius 1 is 1.38 bits per heavy atom. The highest BCUT2D eigenvalue weighted by atomic mass is 17.2. The molecule has 8 heavy (non-hydrogen) atoms. The van der Waals surface area contributed by atoms with E-state index in [0.29, 0.717) is 0 Å². The van der Waals surface area contributed by atoms with Crippen LogP contribution in [-0.2, 0) is 9.78 Å². The zero-order valence-corrected chi connectivity index (χ0v) is 4.93. The Hall–Kier alpha value is -0.0800. The molecule has 1 rings (SSSR count). The largest absolute Gasteiger partial charge is 0.236 e. The number of hydrogen-bond donors (Lipinski definition) is 0. The van der Waals surface area contributed by atoms with E-state index in [0.717, 1.165) is 19.4 Å². The van der Waals surface area contributed by atoms with Crippen molar-refractivity contribution in [3.63, 3.8) is 0 Å². The first-order chi connectivity index (χ1) is 3.89. The fraction of sp³-hybridized carbons (Fsp3) is 0.833. The van der Waals surface area contributed by atoms with E-state index in [1.165, 1.54) is 6.42 Å². The van der Waals surface area contributed by atoms with Crippen molar-refractivity contribution >= 4 is 0 Å². The van der Waals surface area contributed by atoms with Crippen LogP contribution in [-0.4, -0.2) is 12.7 Å². The molecule has 1 aliphatic rings.